The predicted octanol–water partition coefficient (Wildman–Crippen LogP) is 5.60. The van der Waals surface area contributed by atoms with Crippen molar-refractivity contribution in [3.8, 4) is 5.75 Å². The van der Waals surface area contributed by atoms with Gasteiger partial charge in [0, 0.05) is 0 Å². The van der Waals surface area contributed by atoms with Crippen LogP contribution in [0.1, 0.15) is 27.2 Å². The molecule has 0 N–H and O–H groups in total. The lowest BCUT2D eigenvalue weighted by atomic mass is 9.91. The molecule has 0 unspecified atom stereocenters. The van der Waals surface area contributed by atoms with Crippen LogP contribution in [0.4, 0.5) is 15.8 Å². The summed E-state index contributed by atoms with van der Waals surface area (Å²) in [4.78, 5) is 11.8. The highest BCUT2D eigenvalue weighted by molar-refractivity contribution is 5.75. The summed E-state index contributed by atoms with van der Waals surface area (Å²) in [5, 5.41) is 8.11. The van der Waals surface area contributed by atoms with Crippen LogP contribution in [-0.4, -0.2) is 19.2 Å². The van der Waals surface area contributed by atoms with Gasteiger partial charge in [-0.25, -0.2) is 4.39 Å². The summed E-state index contributed by atoms with van der Waals surface area (Å²) >= 11 is 0. The summed E-state index contributed by atoms with van der Waals surface area (Å²) < 4.78 is 23.6. The van der Waals surface area contributed by atoms with Gasteiger partial charge < -0.3 is 9.47 Å². The minimum Gasteiger partial charge on any atom is -0.490 e. The molecule has 0 atom stereocenters. The minimum absolute atomic E-state index is 0.203. The maximum absolute atomic E-state index is 12.8. The van der Waals surface area contributed by atoms with Crippen LogP contribution in [0, 0.1) is 11.2 Å². The fourth-order valence-corrected chi connectivity index (χ4v) is 1.87. The summed E-state index contributed by atoms with van der Waals surface area (Å²) in [6.07, 6.45) is 0.723. The zero-order chi connectivity index (χ0) is 19.0. The second-order valence-corrected chi connectivity index (χ2v) is 6.39. The van der Waals surface area contributed by atoms with Gasteiger partial charge in [-0.2, -0.15) is 10.2 Å². The molecule has 0 aliphatic carbocycles. The first kappa shape index (κ1) is 19.6. The van der Waals surface area contributed by atoms with E-state index >= 15 is 0 Å². The number of benzene rings is 2. The minimum atomic E-state index is -0.475. The molecule has 0 saturated carbocycles. The fourth-order valence-electron chi connectivity index (χ4n) is 1.87. The second-order valence-electron chi connectivity index (χ2n) is 6.39. The molecule has 0 aromatic heterocycles. The third kappa shape index (κ3) is 5.95. The van der Waals surface area contributed by atoms with Gasteiger partial charge in [-0.05, 0) is 68.8 Å². The van der Waals surface area contributed by atoms with E-state index in [9.17, 15) is 9.18 Å². The molecule has 0 radical (unpaired) electrons. The summed E-state index contributed by atoms with van der Waals surface area (Å²) in [5.74, 6) is 0.117. The molecule has 0 saturated heterocycles. The molecule has 0 fully saturated rings. The molecule has 0 aliphatic heterocycles. The van der Waals surface area contributed by atoms with Gasteiger partial charge in [0.15, 0.2) is 0 Å². The number of halogens is 1. The Balaban J connectivity index is 1.78. The van der Waals surface area contributed by atoms with Crippen LogP contribution in [0.3, 0.4) is 0 Å². The van der Waals surface area contributed by atoms with E-state index in [0.717, 1.165) is 6.42 Å². The Bertz CT molecular complexity index is 741. The average Bonchev–Trinajstić information content (AvgIpc) is 2.65. The van der Waals surface area contributed by atoms with Crippen LogP contribution in [0.25, 0.3) is 0 Å². The highest BCUT2D eigenvalue weighted by Gasteiger charge is 2.26. The summed E-state index contributed by atoms with van der Waals surface area (Å²) in [7, 11) is 0. The number of hydrogen-bond donors (Lipinski definition) is 0. The molecular formula is C20H23FN2O3. The first-order valence-electron chi connectivity index (χ1n) is 8.48. The molecule has 26 heavy (non-hydrogen) atoms. The first-order valence-corrected chi connectivity index (χ1v) is 8.48. The number of esters is 1. The van der Waals surface area contributed by atoms with E-state index in [1.807, 2.05) is 20.8 Å². The topological polar surface area (TPSA) is 60.2 Å². The molecule has 138 valence electrons. The molecule has 2 aromatic rings. The second kappa shape index (κ2) is 9.08. The Morgan fingerprint density at radius 3 is 2.04 bits per heavy atom. The smallest absolute Gasteiger partial charge is 0.311 e. The van der Waals surface area contributed by atoms with Crippen molar-refractivity contribution >= 4 is 17.3 Å². The van der Waals surface area contributed by atoms with Gasteiger partial charge in [0.2, 0.25) is 0 Å². The molecule has 2 aromatic carbocycles. The van der Waals surface area contributed by atoms with Gasteiger partial charge in [0.25, 0.3) is 0 Å². The van der Waals surface area contributed by atoms with Crippen molar-refractivity contribution < 1.29 is 18.7 Å². The number of hydrogen-bond acceptors (Lipinski definition) is 5. The lowest BCUT2D eigenvalue weighted by Gasteiger charge is -2.20. The van der Waals surface area contributed by atoms with Crippen LogP contribution < -0.4 is 4.74 Å². The Morgan fingerprint density at radius 1 is 0.962 bits per heavy atom. The molecule has 5 nitrogen and oxygen atoms in total. The molecule has 0 aliphatic rings. The number of carbonyl (C=O) groups is 1. The van der Waals surface area contributed by atoms with E-state index in [4.69, 9.17) is 9.47 Å². The van der Waals surface area contributed by atoms with Crippen LogP contribution in [0.2, 0.25) is 0 Å². The predicted molar refractivity (Wildman–Crippen MR) is 97.5 cm³/mol. The monoisotopic (exact) mass is 358 g/mol. The molecule has 2 rings (SSSR count). The maximum atomic E-state index is 12.8. The molecule has 0 heterocycles. The van der Waals surface area contributed by atoms with Crippen LogP contribution in [0.15, 0.2) is 58.8 Å². The highest BCUT2D eigenvalue weighted by atomic mass is 19.1. The number of ether oxygens (including phenoxy) is 2. The summed E-state index contributed by atoms with van der Waals surface area (Å²) in [6.45, 7) is 6.15. The van der Waals surface area contributed by atoms with Crippen LogP contribution in [-0.2, 0) is 9.53 Å². The number of rotatable bonds is 8. The number of nitrogens with zero attached hydrogens (tertiary/aromatic N) is 2. The molecule has 0 amide bonds. The summed E-state index contributed by atoms with van der Waals surface area (Å²) in [6, 6.07) is 12.8. The van der Waals surface area contributed by atoms with Gasteiger partial charge >= 0.3 is 5.97 Å². The fraction of sp³-hybridized carbons (Fsp3) is 0.350. The Labute approximate surface area is 152 Å². The summed E-state index contributed by atoms with van der Waals surface area (Å²) in [5.41, 5.74) is 0.748. The van der Waals surface area contributed by atoms with Gasteiger partial charge in [0.05, 0.1) is 16.8 Å². The lowest BCUT2D eigenvalue weighted by Crippen LogP contribution is -2.27. The Kier molecular flexibility index (Phi) is 6.83. The maximum Gasteiger partial charge on any atom is 0.311 e. The van der Waals surface area contributed by atoms with Crippen molar-refractivity contribution in [3.05, 3.63) is 54.3 Å². The van der Waals surface area contributed by atoms with E-state index < -0.39 is 5.41 Å². The zero-order valence-electron chi connectivity index (χ0n) is 15.2. The zero-order valence-corrected chi connectivity index (χ0v) is 15.2. The van der Waals surface area contributed by atoms with Crippen molar-refractivity contribution in [1.82, 2.24) is 0 Å². The van der Waals surface area contributed by atoms with Crippen molar-refractivity contribution in [2.45, 2.75) is 27.2 Å². The standard InChI is InChI=1S/C20H23FN2O3/c1-4-20(2,3)19(24)26-14-13-25-18-11-9-17(10-12-18)23-22-16-7-5-15(21)6-8-16/h5-12H,4,13-14H2,1-3H3/b23-22+. The van der Waals surface area contributed by atoms with E-state index in [2.05, 4.69) is 10.2 Å². The van der Waals surface area contributed by atoms with Crippen LogP contribution >= 0.6 is 0 Å². The van der Waals surface area contributed by atoms with E-state index in [1.54, 1.807) is 36.4 Å². The third-order valence-corrected chi connectivity index (χ3v) is 3.97. The highest BCUT2D eigenvalue weighted by Crippen LogP contribution is 2.22. The van der Waals surface area contributed by atoms with Crippen molar-refractivity contribution in [2.75, 3.05) is 13.2 Å². The Morgan fingerprint density at radius 2 is 1.50 bits per heavy atom. The van der Waals surface area contributed by atoms with Crippen molar-refractivity contribution in [1.29, 1.82) is 0 Å². The van der Waals surface area contributed by atoms with Crippen molar-refractivity contribution in [3.63, 3.8) is 0 Å². The largest absolute Gasteiger partial charge is 0.490 e. The number of carbonyl (C=O) groups excluding carboxylic acids is 1. The Hall–Kier alpha value is -2.76. The van der Waals surface area contributed by atoms with Gasteiger partial charge in [-0.3, -0.25) is 4.79 Å². The first-order chi connectivity index (χ1) is 12.4. The van der Waals surface area contributed by atoms with E-state index in [-0.39, 0.29) is 25.0 Å². The lowest BCUT2D eigenvalue weighted by molar-refractivity contribution is -0.154. The molecule has 0 bridgehead atoms. The number of azo groups is 1. The normalized spacial score (nSPS) is 11.5. The van der Waals surface area contributed by atoms with Gasteiger partial charge in [-0.15, -0.1) is 0 Å². The quantitative estimate of drug-likeness (QED) is 0.350. The van der Waals surface area contributed by atoms with Gasteiger partial charge in [-0.1, -0.05) is 6.92 Å². The third-order valence-electron chi connectivity index (χ3n) is 3.97. The van der Waals surface area contributed by atoms with Crippen molar-refractivity contribution in [2.24, 2.45) is 15.6 Å². The molecule has 0 spiro atoms. The van der Waals surface area contributed by atoms with Gasteiger partial charge in [0.1, 0.15) is 24.8 Å². The van der Waals surface area contributed by atoms with E-state index in [0.29, 0.717) is 17.1 Å². The molecule has 6 heteroatoms. The SMILES string of the molecule is CCC(C)(C)C(=O)OCCOc1ccc(/N=N/c2ccc(F)cc2)cc1. The average molecular weight is 358 g/mol. The van der Waals surface area contributed by atoms with E-state index in [1.165, 1.54) is 12.1 Å². The molecular weight excluding hydrogens is 335 g/mol. The van der Waals surface area contributed by atoms with Crippen LogP contribution in [0.5, 0.6) is 5.75 Å².